The van der Waals surface area contributed by atoms with Crippen molar-refractivity contribution in [2.75, 3.05) is 0 Å². The van der Waals surface area contributed by atoms with Crippen LogP contribution in [0.25, 0.3) is 22.0 Å². The van der Waals surface area contributed by atoms with E-state index in [1.54, 1.807) is 12.1 Å². The van der Waals surface area contributed by atoms with Crippen LogP contribution in [0.4, 0.5) is 4.39 Å². The molecule has 6 nitrogen and oxygen atoms in total. The molecule has 180 valence electrons. The van der Waals surface area contributed by atoms with Gasteiger partial charge < -0.3 is 4.57 Å². The molecule has 0 spiro atoms. The number of fused-ring (bicyclic) bond motifs is 1. The molecule has 0 aliphatic carbocycles. The molecule has 0 aliphatic heterocycles. The standard InChI is InChI=1S/C27H23ClFNO5/c1-3-21(27(32)34-35-33-17(2)31)23-16-30(15-18-7-5-4-6-8-18)26-12-10-19(13-22(23)26)20-9-11-25(29)24(28)14-20/h4-14,16,21H,3,15H2,1-2H3. The van der Waals surface area contributed by atoms with Crippen molar-refractivity contribution in [3.8, 4) is 11.1 Å². The minimum absolute atomic E-state index is 0.0297. The van der Waals surface area contributed by atoms with Crippen molar-refractivity contribution in [2.45, 2.75) is 32.7 Å². The van der Waals surface area contributed by atoms with Crippen molar-refractivity contribution in [2.24, 2.45) is 0 Å². The van der Waals surface area contributed by atoms with Crippen LogP contribution in [-0.2, 0) is 30.9 Å². The van der Waals surface area contributed by atoms with E-state index in [0.29, 0.717) is 13.0 Å². The van der Waals surface area contributed by atoms with Gasteiger partial charge in [-0.25, -0.2) is 14.0 Å². The Balaban J connectivity index is 1.78. The smallest absolute Gasteiger partial charge is 0.343 e. The van der Waals surface area contributed by atoms with Crippen LogP contribution >= 0.6 is 11.6 Å². The van der Waals surface area contributed by atoms with Gasteiger partial charge in [0.25, 0.3) is 0 Å². The SMILES string of the molecule is CCC(C(=O)OOOC(C)=O)c1cn(Cc2ccccc2)c2ccc(-c3ccc(F)c(Cl)c3)cc12. The van der Waals surface area contributed by atoms with Gasteiger partial charge in [0.15, 0.2) is 0 Å². The monoisotopic (exact) mass is 495 g/mol. The number of carbonyl (C=O) groups excluding carboxylic acids is 2. The van der Waals surface area contributed by atoms with E-state index in [0.717, 1.165) is 40.1 Å². The van der Waals surface area contributed by atoms with E-state index in [9.17, 15) is 14.0 Å². The maximum absolute atomic E-state index is 13.7. The minimum Gasteiger partial charge on any atom is -0.343 e. The van der Waals surface area contributed by atoms with E-state index in [-0.39, 0.29) is 5.02 Å². The number of aromatic nitrogens is 1. The molecular weight excluding hydrogens is 473 g/mol. The second kappa shape index (κ2) is 10.7. The van der Waals surface area contributed by atoms with E-state index in [2.05, 4.69) is 14.5 Å². The molecule has 4 rings (SSSR count). The summed E-state index contributed by atoms with van der Waals surface area (Å²) in [4.78, 5) is 32.7. The number of nitrogens with zero attached hydrogens (tertiary/aromatic N) is 1. The zero-order valence-electron chi connectivity index (χ0n) is 19.2. The summed E-state index contributed by atoms with van der Waals surface area (Å²) >= 11 is 6.00. The largest absolute Gasteiger partial charge is 0.354 e. The maximum Gasteiger partial charge on any atom is 0.354 e. The van der Waals surface area contributed by atoms with Crippen LogP contribution in [0.3, 0.4) is 0 Å². The quantitative estimate of drug-likeness (QED) is 0.203. The van der Waals surface area contributed by atoms with E-state index in [4.69, 9.17) is 16.5 Å². The number of hydrogen-bond acceptors (Lipinski definition) is 5. The molecule has 3 aromatic carbocycles. The molecule has 0 aliphatic rings. The van der Waals surface area contributed by atoms with E-state index >= 15 is 0 Å². The first kappa shape index (κ1) is 24.4. The molecule has 1 heterocycles. The normalized spacial score (nSPS) is 11.9. The predicted octanol–water partition coefficient (Wildman–Crippen LogP) is 6.60. The van der Waals surface area contributed by atoms with Crippen LogP contribution in [0, 0.1) is 5.82 Å². The summed E-state index contributed by atoms with van der Waals surface area (Å²) in [6, 6.07) is 20.3. The van der Waals surface area contributed by atoms with Gasteiger partial charge in [-0.1, -0.05) is 61.0 Å². The Morgan fingerprint density at radius 1 is 1.00 bits per heavy atom. The van der Waals surface area contributed by atoms with Crippen molar-refractivity contribution in [3.05, 3.63) is 94.9 Å². The third-order valence-corrected chi connectivity index (χ3v) is 5.99. The average molecular weight is 496 g/mol. The fourth-order valence-electron chi connectivity index (χ4n) is 4.04. The summed E-state index contributed by atoms with van der Waals surface area (Å²) in [5, 5.41) is 5.20. The Morgan fingerprint density at radius 3 is 2.40 bits per heavy atom. The second-order valence-electron chi connectivity index (χ2n) is 8.06. The lowest BCUT2D eigenvalue weighted by molar-refractivity contribution is -0.459. The van der Waals surface area contributed by atoms with Crippen molar-refractivity contribution in [1.82, 2.24) is 4.57 Å². The lowest BCUT2D eigenvalue weighted by Crippen LogP contribution is -2.16. The summed E-state index contributed by atoms with van der Waals surface area (Å²) in [6.07, 6.45) is 2.33. The minimum atomic E-state index is -0.743. The highest BCUT2D eigenvalue weighted by atomic mass is 35.5. The van der Waals surface area contributed by atoms with E-state index in [1.807, 2.05) is 61.7 Å². The van der Waals surface area contributed by atoms with Crippen LogP contribution in [0.2, 0.25) is 5.02 Å². The molecule has 35 heavy (non-hydrogen) atoms. The zero-order chi connectivity index (χ0) is 24.9. The molecule has 4 aromatic rings. The molecule has 1 atom stereocenters. The first-order chi connectivity index (χ1) is 16.9. The van der Waals surface area contributed by atoms with Gasteiger partial charge in [-0.3, -0.25) is 9.78 Å². The molecule has 0 fully saturated rings. The first-order valence-electron chi connectivity index (χ1n) is 11.0. The topological polar surface area (TPSA) is 66.8 Å². The summed E-state index contributed by atoms with van der Waals surface area (Å²) in [7, 11) is 0. The highest BCUT2D eigenvalue weighted by Crippen LogP contribution is 2.35. The van der Waals surface area contributed by atoms with Gasteiger partial charge >= 0.3 is 11.9 Å². The second-order valence-corrected chi connectivity index (χ2v) is 8.47. The molecule has 0 N–H and O–H groups in total. The fraction of sp³-hybridized carbons (Fsp3) is 0.185. The Morgan fingerprint density at radius 2 is 1.71 bits per heavy atom. The zero-order valence-corrected chi connectivity index (χ0v) is 19.9. The lowest BCUT2D eigenvalue weighted by Gasteiger charge is -2.12. The third kappa shape index (κ3) is 5.53. The number of hydrogen-bond donors (Lipinski definition) is 0. The van der Waals surface area contributed by atoms with Crippen LogP contribution in [-0.4, -0.2) is 16.5 Å². The molecule has 8 heteroatoms. The molecule has 0 bridgehead atoms. The van der Waals surface area contributed by atoms with Gasteiger partial charge in [0.05, 0.1) is 10.9 Å². The molecule has 0 amide bonds. The van der Waals surface area contributed by atoms with Crippen molar-refractivity contribution in [1.29, 1.82) is 0 Å². The van der Waals surface area contributed by atoms with E-state index < -0.39 is 23.7 Å². The Hall–Kier alpha value is -3.68. The summed E-state index contributed by atoms with van der Waals surface area (Å²) < 4.78 is 15.8. The number of benzene rings is 3. The van der Waals surface area contributed by atoms with Crippen molar-refractivity contribution >= 4 is 34.4 Å². The Bertz CT molecular complexity index is 1370. The summed E-state index contributed by atoms with van der Waals surface area (Å²) in [6.45, 7) is 3.57. The van der Waals surface area contributed by atoms with Crippen LogP contribution < -0.4 is 0 Å². The van der Waals surface area contributed by atoms with Gasteiger partial charge in [0.2, 0.25) is 0 Å². The molecule has 1 aromatic heterocycles. The molecule has 0 radical (unpaired) electrons. The van der Waals surface area contributed by atoms with Gasteiger partial charge in [-0.15, -0.1) is 0 Å². The predicted molar refractivity (Wildman–Crippen MR) is 130 cm³/mol. The highest BCUT2D eigenvalue weighted by molar-refractivity contribution is 6.31. The Labute approximate surface area is 206 Å². The number of carbonyl (C=O) groups is 2. The fourth-order valence-corrected chi connectivity index (χ4v) is 4.22. The van der Waals surface area contributed by atoms with Crippen LogP contribution in [0.1, 0.15) is 37.3 Å². The molecule has 1 unspecified atom stereocenters. The number of halogens is 2. The maximum atomic E-state index is 13.7. The van der Waals surface area contributed by atoms with Gasteiger partial charge in [-0.2, -0.15) is 0 Å². The highest BCUT2D eigenvalue weighted by Gasteiger charge is 2.26. The van der Waals surface area contributed by atoms with Gasteiger partial charge in [0, 0.05) is 35.6 Å². The average Bonchev–Trinajstić information content (AvgIpc) is 3.19. The summed E-state index contributed by atoms with van der Waals surface area (Å²) in [5.74, 6) is -2.61. The molecule has 0 saturated heterocycles. The van der Waals surface area contributed by atoms with Gasteiger partial charge in [0.1, 0.15) is 5.82 Å². The first-order valence-corrected chi connectivity index (χ1v) is 11.4. The Kier molecular flexibility index (Phi) is 7.48. The van der Waals surface area contributed by atoms with Crippen LogP contribution in [0.5, 0.6) is 0 Å². The lowest BCUT2D eigenvalue weighted by atomic mass is 9.94. The van der Waals surface area contributed by atoms with E-state index in [1.165, 1.54) is 6.07 Å². The molecular formula is C27H23ClFNO5. The third-order valence-electron chi connectivity index (χ3n) is 5.70. The van der Waals surface area contributed by atoms with Crippen LogP contribution in [0.15, 0.2) is 72.9 Å². The summed E-state index contributed by atoms with van der Waals surface area (Å²) in [5.41, 5.74) is 4.29. The van der Waals surface area contributed by atoms with Crippen molar-refractivity contribution in [3.63, 3.8) is 0 Å². The van der Waals surface area contributed by atoms with Gasteiger partial charge in [-0.05, 0) is 52.9 Å². The molecule has 0 saturated carbocycles. The van der Waals surface area contributed by atoms with Crippen molar-refractivity contribution < 1.29 is 28.8 Å². The number of rotatable bonds is 8.